The van der Waals surface area contributed by atoms with Crippen LogP contribution in [0.3, 0.4) is 0 Å². The second-order valence-electron chi connectivity index (χ2n) is 5.37. The fourth-order valence-electron chi connectivity index (χ4n) is 1.98. The molecule has 0 amide bonds. The minimum Gasteiger partial charge on any atom is -0.396 e. The van der Waals surface area contributed by atoms with Crippen LogP contribution in [0.1, 0.15) is 26.7 Å². The summed E-state index contributed by atoms with van der Waals surface area (Å²) in [5.41, 5.74) is 1.24. The number of nitrogens with zero attached hydrogens (tertiary/aromatic N) is 1. The van der Waals surface area contributed by atoms with Gasteiger partial charge in [0.25, 0.3) is 0 Å². The highest BCUT2D eigenvalue weighted by molar-refractivity contribution is 7.11. The minimum atomic E-state index is 0.188. The van der Waals surface area contributed by atoms with Gasteiger partial charge in [-0.15, -0.1) is 0 Å². The molecule has 0 aliphatic carbocycles. The maximum Gasteiger partial charge on any atom is 0.117 e. The predicted octanol–water partition coefficient (Wildman–Crippen LogP) is 3.51. The monoisotopic (exact) mass is 264 g/mol. The van der Waals surface area contributed by atoms with E-state index in [-0.39, 0.29) is 12.0 Å². The summed E-state index contributed by atoms with van der Waals surface area (Å²) < 4.78 is 4.42. The highest BCUT2D eigenvalue weighted by Crippen LogP contribution is 2.29. The van der Waals surface area contributed by atoms with Crippen LogP contribution in [0.4, 0.5) is 5.00 Å². The van der Waals surface area contributed by atoms with Crippen LogP contribution >= 0.6 is 11.5 Å². The van der Waals surface area contributed by atoms with Crippen molar-refractivity contribution < 1.29 is 5.11 Å². The molecule has 2 rings (SSSR count). The Kier molecular flexibility index (Phi) is 4.19. The molecule has 0 saturated heterocycles. The van der Waals surface area contributed by atoms with Gasteiger partial charge in [0, 0.05) is 18.5 Å². The van der Waals surface area contributed by atoms with Crippen molar-refractivity contribution >= 4 is 27.4 Å². The average Bonchev–Trinajstić information content (AvgIpc) is 2.78. The Hall–Kier alpha value is -1.13. The molecule has 1 heterocycles. The van der Waals surface area contributed by atoms with Crippen LogP contribution in [0, 0.1) is 5.41 Å². The van der Waals surface area contributed by atoms with Crippen molar-refractivity contribution in [3.8, 4) is 0 Å². The minimum absolute atomic E-state index is 0.188. The molecule has 0 radical (unpaired) electrons. The molecule has 18 heavy (non-hydrogen) atoms. The van der Waals surface area contributed by atoms with Crippen LogP contribution in [-0.2, 0) is 0 Å². The summed E-state index contributed by atoms with van der Waals surface area (Å²) >= 11 is 1.52. The fourth-order valence-corrected chi connectivity index (χ4v) is 2.74. The summed E-state index contributed by atoms with van der Waals surface area (Å²) in [4.78, 5) is 0. The van der Waals surface area contributed by atoms with Crippen molar-refractivity contribution in [2.75, 3.05) is 18.5 Å². The van der Waals surface area contributed by atoms with Crippen LogP contribution in [0.25, 0.3) is 10.9 Å². The topological polar surface area (TPSA) is 45.1 Å². The number of nitrogens with one attached hydrogen (secondary N) is 1. The lowest BCUT2D eigenvalue weighted by atomic mass is 9.88. The normalized spacial score (nSPS) is 11.9. The molecule has 0 bridgehead atoms. The third kappa shape index (κ3) is 3.21. The zero-order chi connectivity index (χ0) is 13.0. The van der Waals surface area contributed by atoms with Gasteiger partial charge in [-0.2, -0.15) is 4.37 Å². The molecule has 4 heteroatoms. The zero-order valence-electron chi connectivity index (χ0n) is 10.9. The van der Waals surface area contributed by atoms with Crippen LogP contribution in [0.15, 0.2) is 24.3 Å². The number of hydrogen-bond donors (Lipinski definition) is 2. The molecule has 2 N–H and O–H groups in total. The number of aliphatic hydroxyl groups is 1. The van der Waals surface area contributed by atoms with Crippen molar-refractivity contribution in [3.63, 3.8) is 0 Å². The molecule has 0 aliphatic heterocycles. The van der Waals surface area contributed by atoms with Crippen molar-refractivity contribution in [2.45, 2.75) is 26.7 Å². The first-order chi connectivity index (χ1) is 8.62. The Morgan fingerprint density at radius 3 is 2.89 bits per heavy atom. The van der Waals surface area contributed by atoms with Gasteiger partial charge in [-0.3, -0.25) is 0 Å². The summed E-state index contributed by atoms with van der Waals surface area (Å²) in [7, 11) is 0. The molecule has 0 atom stereocenters. The van der Waals surface area contributed by atoms with E-state index in [4.69, 9.17) is 5.11 Å². The van der Waals surface area contributed by atoms with Crippen LogP contribution in [-0.4, -0.2) is 22.6 Å². The van der Waals surface area contributed by atoms with Gasteiger partial charge in [-0.1, -0.05) is 26.0 Å². The van der Waals surface area contributed by atoms with Crippen molar-refractivity contribution in [1.82, 2.24) is 4.37 Å². The van der Waals surface area contributed by atoms with E-state index in [2.05, 4.69) is 29.6 Å². The number of benzene rings is 1. The zero-order valence-corrected chi connectivity index (χ0v) is 11.8. The summed E-state index contributed by atoms with van der Waals surface area (Å²) in [6.07, 6.45) is 1.88. The number of anilines is 1. The molecular weight excluding hydrogens is 244 g/mol. The number of fused-ring (bicyclic) bond motifs is 1. The van der Waals surface area contributed by atoms with Crippen molar-refractivity contribution in [3.05, 3.63) is 24.3 Å². The Morgan fingerprint density at radius 2 is 2.11 bits per heavy atom. The van der Waals surface area contributed by atoms with E-state index in [9.17, 15) is 0 Å². The van der Waals surface area contributed by atoms with E-state index in [0.29, 0.717) is 0 Å². The van der Waals surface area contributed by atoms with Crippen molar-refractivity contribution in [2.24, 2.45) is 5.41 Å². The summed E-state index contributed by atoms with van der Waals surface area (Å²) in [5, 5.41) is 14.7. The number of aliphatic hydroxyl groups excluding tert-OH is 1. The number of hydrogen-bond acceptors (Lipinski definition) is 4. The van der Waals surface area contributed by atoms with E-state index >= 15 is 0 Å². The Morgan fingerprint density at radius 1 is 1.33 bits per heavy atom. The highest BCUT2D eigenvalue weighted by atomic mass is 32.1. The van der Waals surface area contributed by atoms with Gasteiger partial charge in [0.05, 0.1) is 5.52 Å². The molecular formula is C14H20N2OS. The SMILES string of the molecule is CC(C)(CCCO)CNc1snc2ccccc12. The van der Waals surface area contributed by atoms with E-state index in [1.54, 1.807) is 0 Å². The van der Waals surface area contributed by atoms with E-state index in [1.165, 1.54) is 16.9 Å². The van der Waals surface area contributed by atoms with E-state index in [0.717, 1.165) is 29.9 Å². The van der Waals surface area contributed by atoms with E-state index in [1.807, 2.05) is 18.2 Å². The molecule has 3 nitrogen and oxygen atoms in total. The van der Waals surface area contributed by atoms with Crippen LogP contribution in [0.2, 0.25) is 0 Å². The Balaban J connectivity index is 2.01. The molecule has 0 unspecified atom stereocenters. The quantitative estimate of drug-likeness (QED) is 0.839. The maximum absolute atomic E-state index is 8.89. The predicted molar refractivity (Wildman–Crippen MR) is 78.2 cm³/mol. The van der Waals surface area contributed by atoms with Gasteiger partial charge in [0.1, 0.15) is 5.00 Å². The summed E-state index contributed by atoms with van der Waals surface area (Å²) in [6.45, 7) is 5.61. The standard InChI is InChI=1S/C14H20N2OS/c1-14(2,8-5-9-17)10-15-13-11-6-3-4-7-12(11)16-18-13/h3-4,6-7,15,17H,5,8-10H2,1-2H3. The van der Waals surface area contributed by atoms with Gasteiger partial charge in [-0.25, -0.2) is 0 Å². The van der Waals surface area contributed by atoms with Crippen molar-refractivity contribution in [1.29, 1.82) is 0 Å². The number of rotatable bonds is 6. The smallest absolute Gasteiger partial charge is 0.117 e. The largest absolute Gasteiger partial charge is 0.396 e. The molecule has 0 saturated carbocycles. The molecule has 0 spiro atoms. The lowest BCUT2D eigenvalue weighted by Gasteiger charge is -2.24. The molecule has 2 aromatic rings. The molecule has 1 aromatic heterocycles. The maximum atomic E-state index is 8.89. The first kappa shape index (κ1) is 13.3. The molecule has 1 aromatic carbocycles. The van der Waals surface area contributed by atoms with Gasteiger partial charge < -0.3 is 10.4 Å². The Bertz CT molecular complexity index is 507. The third-order valence-corrected chi connectivity index (χ3v) is 3.96. The van der Waals surface area contributed by atoms with Crippen LogP contribution < -0.4 is 5.32 Å². The number of aromatic nitrogens is 1. The van der Waals surface area contributed by atoms with Gasteiger partial charge >= 0.3 is 0 Å². The third-order valence-electron chi connectivity index (χ3n) is 3.12. The molecule has 0 fully saturated rings. The van der Waals surface area contributed by atoms with Gasteiger partial charge in [0.2, 0.25) is 0 Å². The Labute approximate surface area is 112 Å². The average molecular weight is 264 g/mol. The lowest BCUT2D eigenvalue weighted by Crippen LogP contribution is -2.23. The molecule has 98 valence electrons. The second kappa shape index (κ2) is 5.67. The lowest BCUT2D eigenvalue weighted by molar-refractivity contribution is 0.248. The summed E-state index contributed by atoms with van der Waals surface area (Å²) in [5.74, 6) is 0. The highest BCUT2D eigenvalue weighted by Gasteiger charge is 2.17. The molecule has 0 aliphatic rings. The van der Waals surface area contributed by atoms with Crippen LogP contribution in [0.5, 0.6) is 0 Å². The first-order valence-electron chi connectivity index (χ1n) is 6.31. The van der Waals surface area contributed by atoms with E-state index < -0.39 is 0 Å². The first-order valence-corrected chi connectivity index (χ1v) is 7.09. The summed E-state index contributed by atoms with van der Waals surface area (Å²) in [6, 6.07) is 8.19. The fraction of sp³-hybridized carbons (Fsp3) is 0.500. The van der Waals surface area contributed by atoms with Gasteiger partial charge in [0.15, 0.2) is 0 Å². The van der Waals surface area contributed by atoms with Gasteiger partial charge in [-0.05, 0) is 41.9 Å². The second-order valence-corrected chi connectivity index (χ2v) is 6.15.